The summed E-state index contributed by atoms with van der Waals surface area (Å²) >= 11 is 0. The summed E-state index contributed by atoms with van der Waals surface area (Å²) in [6.07, 6.45) is 5.78. The Balaban J connectivity index is 1.66. The van der Waals surface area contributed by atoms with Gasteiger partial charge in [-0.1, -0.05) is 6.42 Å². The molecule has 4 unspecified atom stereocenters. The first kappa shape index (κ1) is 10.4. The van der Waals surface area contributed by atoms with Gasteiger partial charge in [-0.15, -0.1) is 0 Å². The topological polar surface area (TPSA) is 18.5 Å². The van der Waals surface area contributed by atoms with Crippen molar-refractivity contribution in [3.8, 4) is 0 Å². The van der Waals surface area contributed by atoms with Gasteiger partial charge in [0.05, 0.1) is 6.61 Å². The number of hydrogen-bond donors (Lipinski definition) is 0. The molecule has 2 saturated carbocycles. The zero-order valence-electron chi connectivity index (χ0n) is 9.37. The molecular formula is C12H22O2. The molecule has 2 nitrogen and oxygen atoms in total. The molecule has 2 bridgehead atoms. The largest absolute Gasteiger partial charge is 0.353 e. The molecule has 2 heteroatoms. The van der Waals surface area contributed by atoms with Crippen molar-refractivity contribution in [3.05, 3.63) is 0 Å². The summed E-state index contributed by atoms with van der Waals surface area (Å²) in [6.45, 7) is 5.67. The molecule has 0 saturated heterocycles. The van der Waals surface area contributed by atoms with Crippen LogP contribution in [0.25, 0.3) is 0 Å². The number of fused-ring (bicyclic) bond motifs is 2. The van der Waals surface area contributed by atoms with E-state index >= 15 is 0 Å². The van der Waals surface area contributed by atoms with E-state index in [0.717, 1.165) is 31.0 Å². The third-order valence-corrected chi connectivity index (χ3v) is 3.83. The predicted molar refractivity (Wildman–Crippen MR) is 56.0 cm³/mol. The van der Waals surface area contributed by atoms with Crippen molar-refractivity contribution in [2.75, 3.05) is 13.2 Å². The Morgan fingerprint density at radius 3 is 2.64 bits per heavy atom. The Bertz CT molecular complexity index is 181. The van der Waals surface area contributed by atoms with Crippen LogP contribution in [0.4, 0.5) is 0 Å². The Hall–Kier alpha value is -0.0800. The van der Waals surface area contributed by atoms with Crippen molar-refractivity contribution >= 4 is 0 Å². The van der Waals surface area contributed by atoms with Crippen molar-refractivity contribution in [1.82, 2.24) is 0 Å². The van der Waals surface area contributed by atoms with Crippen LogP contribution in [0.3, 0.4) is 0 Å². The summed E-state index contributed by atoms with van der Waals surface area (Å²) < 4.78 is 11.1. The van der Waals surface area contributed by atoms with Crippen LogP contribution in [0.15, 0.2) is 0 Å². The molecular weight excluding hydrogens is 176 g/mol. The molecule has 0 spiro atoms. The van der Waals surface area contributed by atoms with Gasteiger partial charge in [0.1, 0.15) is 0 Å². The number of ether oxygens (including phenoxy) is 2. The highest BCUT2D eigenvalue weighted by molar-refractivity contribution is 4.89. The highest BCUT2D eigenvalue weighted by Gasteiger charge is 2.39. The lowest BCUT2D eigenvalue weighted by Crippen LogP contribution is -2.22. The fourth-order valence-corrected chi connectivity index (χ4v) is 3.12. The molecule has 2 aliphatic carbocycles. The summed E-state index contributed by atoms with van der Waals surface area (Å²) in [5.74, 6) is 2.82. The highest BCUT2D eigenvalue weighted by atomic mass is 16.7. The fraction of sp³-hybridized carbons (Fsp3) is 1.00. The van der Waals surface area contributed by atoms with Gasteiger partial charge in [-0.25, -0.2) is 0 Å². The SMILES string of the molecule is CCOC(C)OCC1CC2CCC1C2. The van der Waals surface area contributed by atoms with Gasteiger partial charge in [0, 0.05) is 6.61 Å². The molecule has 0 amide bonds. The van der Waals surface area contributed by atoms with E-state index in [1.54, 1.807) is 0 Å². The van der Waals surface area contributed by atoms with Crippen molar-refractivity contribution in [1.29, 1.82) is 0 Å². The van der Waals surface area contributed by atoms with E-state index in [9.17, 15) is 0 Å². The van der Waals surface area contributed by atoms with E-state index in [1.807, 2.05) is 13.8 Å². The van der Waals surface area contributed by atoms with Crippen LogP contribution < -0.4 is 0 Å². The molecule has 0 aliphatic heterocycles. The maximum absolute atomic E-state index is 5.70. The van der Waals surface area contributed by atoms with Gasteiger partial charge in [0.15, 0.2) is 6.29 Å². The zero-order chi connectivity index (χ0) is 9.97. The van der Waals surface area contributed by atoms with E-state index in [0.29, 0.717) is 0 Å². The lowest BCUT2D eigenvalue weighted by atomic mass is 9.90. The first-order chi connectivity index (χ1) is 6.79. The van der Waals surface area contributed by atoms with E-state index < -0.39 is 0 Å². The molecule has 14 heavy (non-hydrogen) atoms. The lowest BCUT2D eigenvalue weighted by Gasteiger charge is -2.23. The van der Waals surface area contributed by atoms with Gasteiger partial charge < -0.3 is 9.47 Å². The molecule has 0 aromatic carbocycles. The van der Waals surface area contributed by atoms with E-state index in [1.165, 1.54) is 25.7 Å². The average Bonchev–Trinajstić information content (AvgIpc) is 2.76. The second kappa shape index (κ2) is 4.63. The first-order valence-corrected chi connectivity index (χ1v) is 6.02. The minimum Gasteiger partial charge on any atom is -0.353 e. The smallest absolute Gasteiger partial charge is 0.154 e. The summed E-state index contributed by atoms with van der Waals surface area (Å²) in [5.41, 5.74) is 0. The molecule has 82 valence electrons. The van der Waals surface area contributed by atoms with Crippen LogP contribution in [0.2, 0.25) is 0 Å². The van der Waals surface area contributed by atoms with Crippen LogP contribution in [0.5, 0.6) is 0 Å². The lowest BCUT2D eigenvalue weighted by molar-refractivity contribution is -0.138. The van der Waals surface area contributed by atoms with Crippen molar-refractivity contribution in [2.24, 2.45) is 17.8 Å². The molecule has 0 aromatic heterocycles. The second-order valence-corrected chi connectivity index (χ2v) is 4.79. The molecule has 0 radical (unpaired) electrons. The second-order valence-electron chi connectivity index (χ2n) is 4.79. The van der Waals surface area contributed by atoms with Crippen molar-refractivity contribution in [2.45, 2.75) is 45.8 Å². The minimum atomic E-state index is -0.0147. The van der Waals surface area contributed by atoms with Crippen molar-refractivity contribution < 1.29 is 9.47 Å². The van der Waals surface area contributed by atoms with E-state index in [-0.39, 0.29) is 6.29 Å². The van der Waals surface area contributed by atoms with Crippen LogP contribution >= 0.6 is 0 Å². The molecule has 2 fully saturated rings. The Kier molecular flexibility index (Phi) is 3.45. The number of rotatable bonds is 5. The van der Waals surface area contributed by atoms with Crippen LogP contribution in [0.1, 0.15) is 39.5 Å². The normalized spacial score (nSPS) is 37.7. The third kappa shape index (κ3) is 2.29. The van der Waals surface area contributed by atoms with Crippen molar-refractivity contribution in [3.63, 3.8) is 0 Å². The molecule has 2 rings (SSSR count). The molecule has 2 aliphatic rings. The summed E-state index contributed by atoms with van der Waals surface area (Å²) in [6, 6.07) is 0. The van der Waals surface area contributed by atoms with E-state index in [4.69, 9.17) is 9.47 Å². The zero-order valence-corrected chi connectivity index (χ0v) is 9.37. The Morgan fingerprint density at radius 2 is 2.07 bits per heavy atom. The number of hydrogen-bond acceptors (Lipinski definition) is 2. The standard InChI is InChI=1S/C12H22O2/c1-3-13-9(2)14-8-12-7-10-4-5-11(12)6-10/h9-12H,3-8H2,1-2H3. The molecule has 0 aromatic rings. The molecule has 4 atom stereocenters. The average molecular weight is 198 g/mol. The maximum Gasteiger partial charge on any atom is 0.154 e. The van der Waals surface area contributed by atoms with Gasteiger partial charge in [-0.05, 0) is 50.9 Å². The predicted octanol–water partition coefficient (Wildman–Crippen LogP) is 2.82. The monoisotopic (exact) mass is 198 g/mol. The van der Waals surface area contributed by atoms with Gasteiger partial charge >= 0.3 is 0 Å². The van der Waals surface area contributed by atoms with E-state index in [2.05, 4.69) is 0 Å². The highest BCUT2D eigenvalue weighted by Crippen LogP contribution is 2.48. The third-order valence-electron chi connectivity index (χ3n) is 3.83. The molecule has 0 heterocycles. The van der Waals surface area contributed by atoms with Gasteiger partial charge in [0.25, 0.3) is 0 Å². The summed E-state index contributed by atoms with van der Waals surface area (Å²) in [7, 11) is 0. The summed E-state index contributed by atoms with van der Waals surface area (Å²) in [5, 5.41) is 0. The molecule has 0 N–H and O–H groups in total. The minimum absolute atomic E-state index is 0.0147. The Morgan fingerprint density at radius 1 is 1.21 bits per heavy atom. The maximum atomic E-state index is 5.70. The van der Waals surface area contributed by atoms with Crippen LogP contribution in [-0.2, 0) is 9.47 Å². The van der Waals surface area contributed by atoms with Gasteiger partial charge in [-0.3, -0.25) is 0 Å². The van der Waals surface area contributed by atoms with Crippen LogP contribution in [0, 0.1) is 17.8 Å². The van der Waals surface area contributed by atoms with Gasteiger partial charge in [0.2, 0.25) is 0 Å². The quantitative estimate of drug-likeness (QED) is 0.632. The summed E-state index contributed by atoms with van der Waals surface area (Å²) in [4.78, 5) is 0. The fourth-order valence-electron chi connectivity index (χ4n) is 3.12. The Labute approximate surface area is 87.0 Å². The van der Waals surface area contributed by atoms with Crippen LogP contribution in [-0.4, -0.2) is 19.5 Å². The van der Waals surface area contributed by atoms with Gasteiger partial charge in [-0.2, -0.15) is 0 Å². The first-order valence-electron chi connectivity index (χ1n) is 6.02.